The first-order chi connectivity index (χ1) is 7.75. The normalized spacial score (nSPS) is 15.1. The van der Waals surface area contributed by atoms with Crippen molar-refractivity contribution in [2.75, 3.05) is 6.61 Å². The van der Waals surface area contributed by atoms with Crippen molar-refractivity contribution in [2.24, 2.45) is 0 Å². The van der Waals surface area contributed by atoms with E-state index >= 15 is 0 Å². The summed E-state index contributed by atoms with van der Waals surface area (Å²) in [5.74, 6) is 0.770. The topological polar surface area (TPSA) is 39.4 Å². The first-order valence-electron chi connectivity index (χ1n) is 5.07. The Kier molecular flexibility index (Phi) is 2.33. The van der Waals surface area contributed by atoms with Crippen LogP contribution in [0.5, 0.6) is 0 Å². The van der Waals surface area contributed by atoms with Gasteiger partial charge in [-0.05, 0) is 18.2 Å². The van der Waals surface area contributed by atoms with Gasteiger partial charge < -0.3 is 9.15 Å². The molecule has 0 bridgehead atoms. The molecule has 0 unspecified atom stereocenters. The smallest absolute Gasteiger partial charge is 0.198 e. The molecule has 0 spiro atoms. The molecule has 2 aromatic rings. The van der Waals surface area contributed by atoms with Crippen molar-refractivity contribution < 1.29 is 9.15 Å². The van der Waals surface area contributed by atoms with Gasteiger partial charge in [0.25, 0.3) is 0 Å². The lowest BCUT2D eigenvalue weighted by atomic mass is 10.1. The summed E-state index contributed by atoms with van der Waals surface area (Å²) in [7, 11) is 0. The quantitative estimate of drug-likeness (QED) is 0.745. The zero-order valence-corrected chi connectivity index (χ0v) is 10.0. The van der Waals surface area contributed by atoms with Gasteiger partial charge in [0.05, 0.1) is 24.2 Å². The van der Waals surface area contributed by atoms with Gasteiger partial charge >= 0.3 is 0 Å². The van der Waals surface area contributed by atoms with Crippen molar-refractivity contribution in [3.05, 3.63) is 44.2 Å². The summed E-state index contributed by atoms with van der Waals surface area (Å²) in [5, 5.41) is 0.610. The minimum atomic E-state index is 0.0252. The maximum Gasteiger partial charge on any atom is 0.198 e. The number of ether oxygens (including phenoxy) is 1. The van der Waals surface area contributed by atoms with Crippen LogP contribution >= 0.6 is 15.9 Å². The molecular weight excluding hydrogens is 272 g/mol. The molecule has 0 aliphatic carbocycles. The highest BCUT2D eigenvalue weighted by molar-refractivity contribution is 9.10. The van der Waals surface area contributed by atoms with Gasteiger partial charge in [-0.15, -0.1) is 0 Å². The number of fused-ring (bicyclic) bond motifs is 2. The van der Waals surface area contributed by atoms with E-state index in [0.717, 1.165) is 10.2 Å². The number of benzene rings is 1. The number of hydrogen-bond donors (Lipinski definition) is 0. The first-order valence-corrected chi connectivity index (χ1v) is 5.87. The predicted molar refractivity (Wildman–Crippen MR) is 63.5 cm³/mol. The van der Waals surface area contributed by atoms with Gasteiger partial charge in [0.15, 0.2) is 5.43 Å². The fourth-order valence-electron chi connectivity index (χ4n) is 1.94. The highest BCUT2D eigenvalue weighted by Crippen LogP contribution is 2.22. The Morgan fingerprint density at radius 2 is 2.19 bits per heavy atom. The molecule has 0 fully saturated rings. The third kappa shape index (κ3) is 1.49. The Morgan fingerprint density at radius 3 is 3.06 bits per heavy atom. The van der Waals surface area contributed by atoms with Crippen LogP contribution < -0.4 is 5.43 Å². The molecule has 16 heavy (non-hydrogen) atoms. The second-order valence-electron chi connectivity index (χ2n) is 3.78. The maximum atomic E-state index is 12.2. The molecule has 0 atom stereocenters. The fraction of sp³-hybridized carbons (Fsp3) is 0.250. The highest BCUT2D eigenvalue weighted by Gasteiger charge is 2.17. The Morgan fingerprint density at radius 1 is 1.31 bits per heavy atom. The third-order valence-electron chi connectivity index (χ3n) is 2.75. The van der Waals surface area contributed by atoms with Crippen LogP contribution in [0.25, 0.3) is 11.0 Å². The van der Waals surface area contributed by atoms with Crippen molar-refractivity contribution in [1.82, 2.24) is 0 Å². The molecule has 3 rings (SSSR count). The van der Waals surface area contributed by atoms with Crippen molar-refractivity contribution >= 4 is 26.9 Å². The van der Waals surface area contributed by atoms with Gasteiger partial charge in [0.2, 0.25) is 0 Å². The summed E-state index contributed by atoms with van der Waals surface area (Å²) in [5.41, 5.74) is 1.34. The molecule has 0 saturated carbocycles. The summed E-state index contributed by atoms with van der Waals surface area (Å²) in [4.78, 5) is 12.2. The Hall–Kier alpha value is -1.13. The molecule has 2 heterocycles. The Balaban J connectivity index is 2.40. The van der Waals surface area contributed by atoms with Crippen LogP contribution in [-0.4, -0.2) is 6.61 Å². The monoisotopic (exact) mass is 280 g/mol. The fourth-order valence-corrected chi connectivity index (χ4v) is 2.30. The summed E-state index contributed by atoms with van der Waals surface area (Å²) in [6.07, 6.45) is 0.677. The van der Waals surface area contributed by atoms with Crippen LogP contribution in [-0.2, 0) is 17.8 Å². The second-order valence-corrected chi connectivity index (χ2v) is 4.69. The molecule has 3 nitrogen and oxygen atoms in total. The van der Waals surface area contributed by atoms with E-state index in [2.05, 4.69) is 15.9 Å². The van der Waals surface area contributed by atoms with E-state index in [4.69, 9.17) is 9.15 Å². The molecule has 0 amide bonds. The standard InChI is InChI=1S/C12H9BrO3/c13-7-1-2-10-8(5-7)12(14)9-6-15-4-3-11(9)16-10/h1-2,5H,3-4,6H2. The second kappa shape index (κ2) is 3.71. The van der Waals surface area contributed by atoms with Gasteiger partial charge in [0.1, 0.15) is 11.3 Å². The van der Waals surface area contributed by atoms with Crippen LogP contribution in [0.3, 0.4) is 0 Å². The molecule has 0 radical (unpaired) electrons. The number of halogens is 1. The highest BCUT2D eigenvalue weighted by atomic mass is 79.9. The van der Waals surface area contributed by atoms with E-state index in [0.29, 0.717) is 36.2 Å². The van der Waals surface area contributed by atoms with Gasteiger partial charge in [0, 0.05) is 10.9 Å². The minimum Gasteiger partial charge on any atom is -0.460 e. The van der Waals surface area contributed by atoms with Crippen LogP contribution in [0.15, 0.2) is 31.9 Å². The van der Waals surface area contributed by atoms with Crippen molar-refractivity contribution in [3.8, 4) is 0 Å². The molecule has 0 N–H and O–H groups in total. The number of hydrogen-bond acceptors (Lipinski definition) is 3. The van der Waals surface area contributed by atoms with Crippen molar-refractivity contribution in [3.63, 3.8) is 0 Å². The van der Waals surface area contributed by atoms with Crippen molar-refractivity contribution in [1.29, 1.82) is 0 Å². The predicted octanol–water partition coefficient (Wildman–Crippen LogP) is 2.63. The Labute approximate surface area is 100 Å². The summed E-state index contributed by atoms with van der Waals surface area (Å²) < 4.78 is 11.9. The molecule has 1 aliphatic heterocycles. The third-order valence-corrected chi connectivity index (χ3v) is 3.24. The lowest BCUT2D eigenvalue weighted by Crippen LogP contribution is -2.19. The first kappa shape index (κ1) is 10.1. The zero-order chi connectivity index (χ0) is 11.1. The minimum absolute atomic E-state index is 0.0252. The molecular formula is C12H9BrO3. The van der Waals surface area contributed by atoms with Gasteiger partial charge in [-0.3, -0.25) is 4.79 Å². The summed E-state index contributed by atoms with van der Waals surface area (Å²) >= 11 is 3.35. The average molecular weight is 281 g/mol. The van der Waals surface area contributed by atoms with E-state index in [1.165, 1.54) is 0 Å². The molecule has 1 aromatic heterocycles. The summed E-state index contributed by atoms with van der Waals surface area (Å²) in [6.45, 7) is 0.984. The largest absolute Gasteiger partial charge is 0.460 e. The molecule has 82 valence electrons. The van der Waals surface area contributed by atoms with Gasteiger partial charge in [-0.25, -0.2) is 0 Å². The van der Waals surface area contributed by atoms with Crippen LogP contribution in [0.2, 0.25) is 0 Å². The van der Waals surface area contributed by atoms with Crippen LogP contribution in [0.4, 0.5) is 0 Å². The molecule has 0 saturated heterocycles. The van der Waals surface area contributed by atoms with E-state index in [-0.39, 0.29) is 5.43 Å². The average Bonchev–Trinajstić information content (AvgIpc) is 2.31. The van der Waals surface area contributed by atoms with Crippen LogP contribution in [0.1, 0.15) is 11.3 Å². The SMILES string of the molecule is O=c1c2c(oc3ccc(Br)cc13)CCOC2. The van der Waals surface area contributed by atoms with E-state index in [9.17, 15) is 4.79 Å². The van der Waals surface area contributed by atoms with Gasteiger partial charge in [-0.1, -0.05) is 15.9 Å². The van der Waals surface area contributed by atoms with E-state index in [1.54, 1.807) is 6.07 Å². The number of rotatable bonds is 0. The van der Waals surface area contributed by atoms with Gasteiger partial charge in [-0.2, -0.15) is 0 Å². The maximum absolute atomic E-state index is 12.2. The Bertz CT molecular complexity index is 615. The lowest BCUT2D eigenvalue weighted by Gasteiger charge is -2.14. The van der Waals surface area contributed by atoms with E-state index in [1.807, 2.05) is 12.1 Å². The van der Waals surface area contributed by atoms with Crippen LogP contribution in [0, 0.1) is 0 Å². The van der Waals surface area contributed by atoms with E-state index < -0.39 is 0 Å². The summed E-state index contributed by atoms with van der Waals surface area (Å²) in [6, 6.07) is 5.48. The molecule has 1 aliphatic rings. The molecule has 4 heteroatoms. The van der Waals surface area contributed by atoms with Crippen molar-refractivity contribution in [2.45, 2.75) is 13.0 Å². The molecule has 1 aromatic carbocycles. The lowest BCUT2D eigenvalue weighted by molar-refractivity contribution is 0.101. The zero-order valence-electron chi connectivity index (χ0n) is 8.46.